The molecule has 3 aromatic rings. The van der Waals surface area contributed by atoms with E-state index in [1.807, 2.05) is 49.4 Å². The number of para-hydroxylation sites is 2. The minimum atomic E-state index is 0.0810. The molecule has 4 rings (SSSR count). The molecule has 1 heterocycles. The van der Waals surface area contributed by atoms with Crippen LogP contribution in [0.25, 0.3) is 0 Å². The van der Waals surface area contributed by atoms with E-state index >= 15 is 0 Å². The molecular weight excluding hydrogens is 436 g/mol. The Bertz CT molecular complexity index is 986. The number of nitrogens with zero attached hydrogens (tertiary/aromatic N) is 2. The van der Waals surface area contributed by atoms with Crippen LogP contribution in [0.1, 0.15) is 30.5 Å². The fraction of sp³-hybridized carbons (Fsp3) is 0.174. The van der Waals surface area contributed by atoms with Crippen LogP contribution in [0, 0.1) is 0 Å². The van der Waals surface area contributed by atoms with Crippen LogP contribution in [0.2, 0.25) is 5.02 Å². The van der Waals surface area contributed by atoms with Gasteiger partial charge in [-0.2, -0.15) is 5.10 Å². The van der Waals surface area contributed by atoms with Crippen molar-refractivity contribution < 1.29 is 4.74 Å². The molecule has 0 aromatic heterocycles. The summed E-state index contributed by atoms with van der Waals surface area (Å²) in [6.07, 6.45) is 0.809. The molecule has 142 valence electrons. The molecule has 0 bridgehead atoms. The van der Waals surface area contributed by atoms with E-state index in [4.69, 9.17) is 21.4 Å². The fourth-order valence-electron chi connectivity index (χ4n) is 3.42. The van der Waals surface area contributed by atoms with Crippen LogP contribution in [-0.4, -0.2) is 12.3 Å². The zero-order chi connectivity index (χ0) is 19.5. The summed E-state index contributed by atoms with van der Waals surface area (Å²) in [5.41, 5.74) is 4.32. The van der Waals surface area contributed by atoms with Gasteiger partial charge in [0, 0.05) is 15.9 Å². The number of ether oxygens (including phenoxy) is 1. The monoisotopic (exact) mass is 454 g/mol. The Balaban J connectivity index is 1.77. The van der Waals surface area contributed by atoms with Crippen LogP contribution in [0.5, 0.6) is 5.75 Å². The standard InChI is InChI=1S/C23H20BrClN2O/c1-2-28-23-6-4-3-5-21(23)27-22(17-9-13-19(25)14-10-17)15-20(26-27)16-7-11-18(24)12-8-16/h3-14,22H,2,15H2,1H3. The van der Waals surface area contributed by atoms with E-state index in [2.05, 4.69) is 51.3 Å². The summed E-state index contributed by atoms with van der Waals surface area (Å²) in [7, 11) is 0. The Morgan fingerprint density at radius 1 is 1.04 bits per heavy atom. The van der Waals surface area contributed by atoms with Gasteiger partial charge in [-0.1, -0.05) is 63.9 Å². The van der Waals surface area contributed by atoms with Crippen molar-refractivity contribution in [3.63, 3.8) is 0 Å². The quantitative estimate of drug-likeness (QED) is 0.420. The number of anilines is 1. The Morgan fingerprint density at radius 2 is 1.75 bits per heavy atom. The van der Waals surface area contributed by atoms with Crippen molar-refractivity contribution in [1.82, 2.24) is 0 Å². The molecule has 0 fully saturated rings. The van der Waals surface area contributed by atoms with E-state index in [1.54, 1.807) is 0 Å². The smallest absolute Gasteiger partial charge is 0.144 e. The molecule has 28 heavy (non-hydrogen) atoms. The first-order chi connectivity index (χ1) is 13.7. The second-order valence-electron chi connectivity index (χ2n) is 6.57. The Kier molecular flexibility index (Phi) is 5.69. The Morgan fingerprint density at radius 3 is 2.46 bits per heavy atom. The topological polar surface area (TPSA) is 24.8 Å². The number of hydrogen-bond acceptors (Lipinski definition) is 3. The molecule has 1 aliphatic rings. The second-order valence-corrected chi connectivity index (χ2v) is 7.92. The maximum Gasteiger partial charge on any atom is 0.144 e. The van der Waals surface area contributed by atoms with Gasteiger partial charge in [-0.25, -0.2) is 0 Å². The molecule has 0 aliphatic carbocycles. The summed E-state index contributed by atoms with van der Waals surface area (Å²) in [4.78, 5) is 0. The highest BCUT2D eigenvalue weighted by Gasteiger charge is 2.31. The first-order valence-electron chi connectivity index (χ1n) is 9.25. The Hall–Kier alpha value is -2.30. The van der Waals surface area contributed by atoms with Gasteiger partial charge in [0.15, 0.2) is 0 Å². The van der Waals surface area contributed by atoms with Crippen LogP contribution in [0.15, 0.2) is 82.4 Å². The minimum absolute atomic E-state index is 0.0810. The maximum absolute atomic E-state index is 6.11. The molecule has 5 heteroatoms. The number of hydrogen-bond donors (Lipinski definition) is 0. The molecule has 3 aromatic carbocycles. The average molecular weight is 456 g/mol. The zero-order valence-corrected chi connectivity index (χ0v) is 17.8. The highest BCUT2D eigenvalue weighted by Crippen LogP contribution is 2.41. The highest BCUT2D eigenvalue weighted by atomic mass is 79.9. The van der Waals surface area contributed by atoms with Gasteiger partial charge in [0.2, 0.25) is 0 Å². The molecule has 0 radical (unpaired) electrons. The van der Waals surface area contributed by atoms with Crippen molar-refractivity contribution in [3.8, 4) is 5.75 Å². The first kappa shape index (κ1) is 19.0. The number of hydrazone groups is 1. The van der Waals surface area contributed by atoms with E-state index in [-0.39, 0.29) is 6.04 Å². The lowest BCUT2D eigenvalue weighted by Crippen LogP contribution is -2.19. The average Bonchev–Trinajstić information content (AvgIpc) is 3.15. The van der Waals surface area contributed by atoms with Gasteiger partial charge in [-0.15, -0.1) is 0 Å². The third-order valence-electron chi connectivity index (χ3n) is 4.75. The summed E-state index contributed by atoms with van der Waals surface area (Å²) in [6, 6.07) is 24.4. The summed E-state index contributed by atoms with van der Waals surface area (Å²) in [6.45, 7) is 2.60. The molecule has 0 spiro atoms. The van der Waals surface area contributed by atoms with E-state index in [9.17, 15) is 0 Å². The number of benzene rings is 3. The van der Waals surface area contributed by atoms with Crippen LogP contribution in [0.4, 0.5) is 5.69 Å². The predicted molar refractivity (Wildman–Crippen MR) is 120 cm³/mol. The van der Waals surface area contributed by atoms with Crippen LogP contribution in [0.3, 0.4) is 0 Å². The van der Waals surface area contributed by atoms with Gasteiger partial charge in [0.05, 0.1) is 18.4 Å². The maximum atomic E-state index is 6.11. The van der Waals surface area contributed by atoms with Gasteiger partial charge in [0.25, 0.3) is 0 Å². The van der Waals surface area contributed by atoms with Crippen molar-refractivity contribution in [1.29, 1.82) is 0 Å². The predicted octanol–water partition coefficient (Wildman–Crippen LogP) is 6.86. The molecule has 3 nitrogen and oxygen atoms in total. The number of halogens is 2. The van der Waals surface area contributed by atoms with Gasteiger partial charge >= 0.3 is 0 Å². The van der Waals surface area contributed by atoms with Crippen LogP contribution in [-0.2, 0) is 0 Å². The second kappa shape index (κ2) is 8.38. The zero-order valence-electron chi connectivity index (χ0n) is 15.5. The highest BCUT2D eigenvalue weighted by molar-refractivity contribution is 9.10. The van der Waals surface area contributed by atoms with Crippen LogP contribution >= 0.6 is 27.5 Å². The minimum Gasteiger partial charge on any atom is -0.492 e. The normalized spacial score (nSPS) is 16.2. The summed E-state index contributed by atoms with van der Waals surface area (Å²) in [5, 5.41) is 7.81. The third-order valence-corrected chi connectivity index (χ3v) is 5.54. The molecule has 0 amide bonds. The van der Waals surface area contributed by atoms with Crippen molar-refractivity contribution >= 4 is 38.9 Å². The third kappa shape index (κ3) is 3.94. The lowest BCUT2D eigenvalue weighted by atomic mass is 9.98. The molecule has 0 saturated heterocycles. The lowest BCUT2D eigenvalue weighted by molar-refractivity contribution is 0.340. The van der Waals surface area contributed by atoms with Gasteiger partial charge in [0.1, 0.15) is 11.4 Å². The van der Waals surface area contributed by atoms with Crippen molar-refractivity contribution in [2.45, 2.75) is 19.4 Å². The van der Waals surface area contributed by atoms with E-state index in [1.165, 1.54) is 5.56 Å². The largest absolute Gasteiger partial charge is 0.492 e. The van der Waals surface area contributed by atoms with Gasteiger partial charge in [-0.05, 0) is 54.4 Å². The van der Waals surface area contributed by atoms with E-state index in [0.717, 1.165) is 38.6 Å². The summed E-state index contributed by atoms with van der Waals surface area (Å²) >= 11 is 9.62. The molecule has 1 aliphatic heterocycles. The molecular formula is C23H20BrClN2O. The molecule has 0 saturated carbocycles. The lowest BCUT2D eigenvalue weighted by Gasteiger charge is -2.25. The van der Waals surface area contributed by atoms with Crippen molar-refractivity contribution in [2.24, 2.45) is 5.10 Å². The van der Waals surface area contributed by atoms with E-state index < -0.39 is 0 Å². The van der Waals surface area contributed by atoms with Crippen LogP contribution < -0.4 is 9.75 Å². The molecule has 0 N–H and O–H groups in total. The van der Waals surface area contributed by atoms with E-state index in [0.29, 0.717) is 6.61 Å². The molecule has 1 unspecified atom stereocenters. The Labute approximate surface area is 178 Å². The fourth-order valence-corrected chi connectivity index (χ4v) is 3.81. The van der Waals surface area contributed by atoms with Gasteiger partial charge in [-0.3, -0.25) is 5.01 Å². The summed E-state index contributed by atoms with van der Waals surface area (Å²) < 4.78 is 6.93. The summed E-state index contributed by atoms with van der Waals surface area (Å²) in [5.74, 6) is 0.838. The van der Waals surface area contributed by atoms with Crippen molar-refractivity contribution in [2.75, 3.05) is 11.6 Å². The van der Waals surface area contributed by atoms with Crippen molar-refractivity contribution in [3.05, 3.63) is 93.4 Å². The van der Waals surface area contributed by atoms with Gasteiger partial charge < -0.3 is 4.74 Å². The molecule has 1 atom stereocenters. The number of rotatable bonds is 5. The SMILES string of the molecule is CCOc1ccccc1N1N=C(c2ccc(Br)cc2)CC1c1ccc(Cl)cc1. The first-order valence-corrected chi connectivity index (χ1v) is 10.4.